The third-order valence-electron chi connectivity index (χ3n) is 2.73. The summed E-state index contributed by atoms with van der Waals surface area (Å²) in [5.74, 6) is -0.257. The van der Waals surface area contributed by atoms with Gasteiger partial charge in [-0.3, -0.25) is 4.79 Å². The van der Waals surface area contributed by atoms with Crippen LogP contribution in [0.1, 0.15) is 51.9 Å². The SMILES string of the molecule is CCCCCCCCC(CN)C(=O)OC. The highest BCUT2D eigenvalue weighted by Crippen LogP contribution is 2.12. The molecule has 0 aromatic heterocycles. The Morgan fingerprint density at radius 3 is 2.33 bits per heavy atom. The van der Waals surface area contributed by atoms with Gasteiger partial charge in [-0.05, 0) is 6.42 Å². The Morgan fingerprint density at radius 1 is 1.20 bits per heavy atom. The van der Waals surface area contributed by atoms with Crippen molar-refractivity contribution in [3.63, 3.8) is 0 Å². The van der Waals surface area contributed by atoms with E-state index < -0.39 is 0 Å². The first kappa shape index (κ1) is 14.4. The van der Waals surface area contributed by atoms with Crippen LogP contribution in [0.3, 0.4) is 0 Å². The molecule has 0 saturated carbocycles. The van der Waals surface area contributed by atoms with Crippen LogP contribution in [0.15, 0.2) is 0 Å². The van der Waals surface area contributed by atoms with Gasteiger partial charge in [-0.2, -0.15) is 0 Å². The fourth-order valence-electron chi connectivity index (χ4n) is 1.67. The van der Waals surface area contributed by atoms with E-state index in [1.807, 2.05) is 0 Å². The summed E-state index contributed by atoms with van der Waals surface area (Å²) in [6, 6.07) is 0. The summed E-state index contributed by atoms with van der Waals surface area (Å²) in [7, 11) is 1.42. The quantitative estimate of drug-likeness (QED) is 0.475. The molecule has 0 spiro atoms. The highest BCUT2D eigenvalue weighted by molar-refractivity contribution is 5.72. The van der Waals surface area contributed by atoms with Crippen molar-refractivity contribution in [2.75, 3.05) is 13.7 Å². The number of nitrogens with two attached hydrogens (primary N) is 1. The van der Waals surface area contributed by atoms with Gasteiger partial charge in [0, 0.05) is 6.54 Å². The second-order valence-corrected chi connectivity index (χ2v) is 4.01. The molecule has 1 unspecified atom stereocenters. The normalized spacial score (nSPS) is 12.5. The van der Waals surface area contributed by atoms with Crippen LogP contribution < -0.4 is 5.73 Å². The van der Waals surface area contributed by atoms with Crippen LogP contribution in [-0.4, -0.2) is 19.6 Å². The molecule has 15 heavy (non-hydrogen) atoms. The predicted octanol–water partition coefficient (Wildman–Crippen LogP) is 2.48. The smallest absolute Gasteiger partial charge is 0.309 e. The molecule has 0 aliphatic carbocycles. The molecule has 90 valence electrons. The second kappa shape index (κ2) is 9.97. The largest absolute Gasteiger partial charge is 0.469 e. The number of unbranched alkanes of at least 4 members (excludes halogenated alkanes) is 5. The van der Waals surface area contributed by atoms with Crippen molar-refractivity contribution < 1.29 is 9.53 Å². The fraction of sp³-hybridized carbons (Fsp3) is 0.917. The zero-order valence-electron chi connectivity index (χ0n) is 10.1. The van der Waals surface area contributed by atoms with Crippen LogP contribution in [0, 0.1) is 5.92 Å². The molecule has 1 atom stereocenters. The molecule has 2 N–H and O–H groups in total. The Balaban J connectivity index is 3.42. The van der Waals surface area contributed by atoms with E-state index in [0.29, 0.717) is 6.54 Å². The molecule has 0 aromatic rings. The van der Waals surface area contributed by atoms with E-state index >= 15 is 0 Å². The molecule has 3 nitrogen and oxygen atoms in total. The van der Waals surface area contributed by atoms with Gasteiger partial charge in [0.15, 0.2) is 0 Å². The van der Waals surface area contributed by atoms with Crippen LogP contribution in [0.25, 0.3) is 0 Å². The number of ether oxygens (including phenoxy) is 1. The van der Waals surface area contributed by atoms with Crippen molar-refractivity contribution in [1.82, 2.24) is 0 Å². The molecule has 0 bridgehead atoms. The summed E-state index contributed by atoms with van der Waals surface area (Å²) in [6.45, 7) is 2.61. The van der Waals surface area contributed by atoms with Gasteiger partial charge >= 0.3 is 5.97 Å². The zero-order valence-corrected chi connectivity index (χ0v) is 10.1. The third kappa shape index (κ3) is 7.37. The molecule has 0 saturated heterocycles. The maximum atomic E-state index is 11.2. The third-order valence-corrected chi connectivity index (χ3v) is 2.73. The number of carbonyl (C=O) groups is 1. The lowest BCUT2D eigenvalue weighted by Gasteiger charge is -2.11. The Morgan fingerprint density at radius 2 is 1.80 bits per heavy atom. The molecule has 0 amide bonds. The standard InChI is InChI=1S/C12H25NO2/c1-3-4-5-6-7-8-9-11(10-13)12(14)15-2/h11H,3-10,13H2,1-2H3. The number of hydrogen-bond donors (Lipinski definition) is 1. The molecule has 0 aliphatic heterocycles. The fourth-order valence-corrected chi connectivity index (χ4v) is 1.67. The average Bonchev–Trinajstić information content (AvgIpc) is 2.27. The lowest BCUT2D eigenvalue weighted by molar-refractivity contribution is -0.145. The number of methoxy groups -OCH3 is 1. The average molecular weight is 215 g/mol. The first-order valence-corrected chi connectivity index (χ1v) is 6.04. The molecule has 0 fully saturated rings. The van der Waals surface area contributed by atoms with Gasteiger partial charge < -0.3 is 10.5 Å². The number of esters is 1. The summed E-state index contributed by atoms with van der Waals surface area (Å²) < 4.78 is 4.68. The van der Waals surface area contributed by atoms with E-state index in [-0.39, 0.29) is 11.9 Å². The van der Waals surface area contributed by atoms with Gasteiger partial charge in [0.05, 0.1) is 13.0 Å². The van der Waals surface area contributed by atoms with Crippen molar-refractivity contribution in [2.24, 2.45) is 11.7 Å². The van der Waals surface area contributed by atoms with Crippen molar-refractivity contribution in [2.45, 2.75) is 51.9 Å². The minimum atomic E-state index is -0.161. The minimum absolute atomic E-state index is 0.0961. The first-order valence-electron chi connectivity index (χ1n) is 6.04. The van der Waals surface area contributed by atoms with E-state index in [0.717, 1.165) is 12.8 Å². The van der Waals surface area contributed by atoms with Crippen molar-refractivity contribution in [3.8, 4) is 0 Å². The summed E-state index contributed by atoms with van der Waals surface area (Å²) in [6.07, 6.45) is 8.32. The highest BCUT2D eigenvalue weighted by atomic mass is 16.5. The summed E-state index contributed by atoms with van der Waals surface area (Å²) >= 11 is 0. The van der Waals surface area contributed by atoms with Crippen LogP contribution in [-0.2, 0) is 9.53 Å². The van der Waals surface area contributed by atoms with Crippen molar-refractivity contribution >= 4 is 5.97 Å². The summed E-state index contributed by atoms with van der Waals surface area (Å²) in [4.78, 5) is 11.2. The lowest BCUT2D eigenvalue weighted by atomic mass is 10.0. The predicted molar refractivity (Wildman–Crippen MR) is 62.6 cm³/mol. The topological polar surface area (TPSA) is 52.3 Å². The van der Waals surface area contributed by atoms with Crippen LogP contribution >= 0.6 is 0 Å². The van der Waals surface area contributed by atoms with Gasteiger partial charge in [-0.1, -0.05) is 45.4 Å². The maximum absolute atomic E-state index is 11.2. The second-order valence-electron chi connectivity index (χ2n) is 4.01. The van der Waals surface area contributed by atoms with E-state index in [1.165, 1.54) is 39.2 Å². The Kier molecular flexibility index (Phi) is 9.59. The van der Waals surface area contributed by atoms with Crippen LogP contribution in [0.5, 0.6) is 0 Å². The minimum Gasteiger partial charge on any atom is -0.469 e. The van der Waals surface area contributed by atoms with Crippen LogP contribution in [0.4, 0.5) is 0 Å². The van der Waals surface area contributed by atoms with Gasteiger partial charge in [0.2, 0.25) is 0 Å². The molecular formula is C12H25NO2. The van der Waals surface area contributed by atoms with Gasteiger partial charge in [0.25, 0.3) is 0 Å². The van der Waals surface area contributed by atoms with Gasteiger partial charge in [-0.25, -0.2) is 0 Å². The molecule has 0 heterocycles. The summed E-state index contributed by atoms with van der Waals surface area (Å²) in [5, 5.41) is 0. The summed E-state index contributed by atoms with van der Waals surface area (Å²) in [5.41, 5.74) is 5.51. The highest BCUT2D eigenvalue weighted by Gasteiger charge is 2.16. The molecule has 3 heteroatoms. The number of carbonyl (C=O) groups excluding carboxylic acids is 1. The maximum Gasteiger partial charge on any atom is 0.309 e. The van der Waals surface area contributed by atoms with E-state index in [9.17, 15) is 4.79 Å². The Hall–Kier alpha value is -0.570. The van der Waals surface area contributed by atoms with Crippen molar-refractivity contribution in [1.29, 1.82) is 0 Å². The van der Waals surface area contributed by atoms with Crippen LogP contribution in [0.2, 0.25) is 0 Å². The molecule has 0 rings (SSSR count). The number of hydrogen-bond acceptors (Lipinski definition) is 3. The van der Waals surface area contributed by atoms with Crippen molar-refractivity contribution in [3.05, 3.63) is 0 Å². The lowest BCUT2D eigenvalue weighted by Crippen LogP contribution is -2.24. The number of rotatable bonds is 9. The van der Waals surface area contributed by atoms with Gasteiger partial charge in [0.1, 0.15) is 0 Å². The van der Waals surface area contributed by atoms with Gasteiger partial charge in [-0.15, -0.1) is 0 Å². The van der Waals surface area contributed by atoms with E-state index in [2.05, 4.69) is 11.7 Å². The molecule has 0 aromatic carbocycles. The van der Waals surface area contributed by atoms with E-state index in [1.54, 1.807) is 0 Å². The molecular weight excluding hydrogens is 190 g/mol. The molecule has 0 aliphatic rings. The first-order chi connectivity index (χ1) is 7.26. The monoisotopic (exact) mass is 215 g/mol. The molecule has 0 radical (unpaired) electrons. The van der Waals surface area contributed by atoms with E-state index in [4.69, 9.17) is 5.73 Å². The Labute approximate surface area is 93.4 Å². The zero-order chi connectivity index (χ0) is 11.5. The Bertz CT molecular complexity index is 160.